The highest BCUT2D eigenvalue weighted by Crippen LogP contribution is 2.33. The number of piperidine rings is 1. The van der Waals surface area contributed by atoms with Crippen molar-refractivity contribution in [2.75, 3.05) is 51.4 Å². The van der Waals surface area contributed by atoms with Gasteiger partial charge in [-0.25, -0.2) is 9.67 Å². The predicted molar refractivity (Wildman–Crippen MR) is 153 cm³/mol. The first kappa shape index (κ1) is 25.4. The van der Waals surface area contributed by atoms with Gasteiger partial charge in [0.05, 0.1) is 51.0 Å². The van der Waals surface area contributed by atoms with Crippen LogP contribution in [0.1, 0.15) is 35.6 Å². The molecule has 3 fully saturated rings. The number of nitrogens with zero attached hydrogens (tertiary/aromatic N) is 6. The maximum absolute atomic E-state index is 6.11. The Morgan fingerprint density at radius 2 is 1.80 bits per heavy atom. The molecule has 0 bridgehead atoms. The third kappa shape index (κ3) is 4.93. The highest BCUT2D eigenvalue weighted by molar-refractivity contribution is 5.78. The second kappa shape index (κ2) is 10.8. The van der Waals surface area contributed by atoms with E-state index in [0.29, 0.717) is 24.4 Å². The van der Waals surface area contributed by atoms with E-state index >= 15 is 0 Å². The van der Waals surface area contributed by atoms with Crippen molar-refractivity contribution in [1.82, 2.24) is 24.6 Å². The van der Waals surface area contributed by atoms with E-state index in [9.17, 15) is 0 Å². The van der Waals surface area contributed by atoms with Crippen LogP contribution in [0, 0.1) is 6.92 Å². The molecule has 0 spiro atoms. The summed E-state index contributed by atoms with van der Waals surface area (Å²) in [6, 6.07) is 17.1. The summed E-state index contributed by atoms with van der Waals surface area (Å²) in [7, 11) is 1.65. The van der Waals surface area contributed by atoms with Crippen molar-refractivity contribution in [3.05, 3.63) is 71.5 Å². The zero-order valence-electron chi connectivity index (χ0n) is 23.2. The number of likely N-dealkylation sites (tertiary alicyclic amines) is 1. The first-order valence-electron chi connectivity index (χ1n) is 14.3. The van der Waals surface area contributed by atoms with Gasteiger partial charge in [0, 0.05) is 42.2 Å². The number of ether oxygens (including phenoxy) is 3. The molecule has 6 heterocycles. The van der Waals surface area contributed by atoms with Gasteiger partial charge in [-0.05, 0) is 50.0 Å². The van der Waals surface area contributed by atoms with Crippen molar-refractivity contribution in [1.29, 1.82) is 0 Å². The number of hydrogen-bond donors (Lipinski definition) is 0. The van der Waals surface area contributed by atoms with Crippen molar-refractivity contribution in [3.8, 4) is 11.6 Å². The smallest absolute Gasteiger partial charge is 0.217 e. The molecule has 1 aromatic carbocycles. The summed E-state index contributed by atoms with van der Waals surface area (Å²) < 4.78 is 19.0. The summed E-state index contributed by atoms with van der Waals surface area (Å²) in [4.78, 5) is 14.8. The monoisotopic (exact) mass is 540 g/mol. The number of fused-ring (bicyclic) bond motifs is 1. The lowest BCUT2D eigenvalue weighted by Gasteiger charge is -2.41. The summed E-state index contributed by atoms with van der Waals surface area (Å²) in [6.45, 7) is 8.35. The summed E-state index contributed by atoms with van der Waals surface area (Å²) in [5.74, 6) is 1.88. The molecule has 3 aromatic heterocycles. The van der Waals surface area contributed by atoms with Gasteiger partial charge in [-0.15, -0.1) is 0 Å². The Morgan fingerprint density at radius 1 is 1.00 bits per heavy atom. The Bertz CT molecular complexity index is 1470. The molecule has 7 rings (SSSR count). The minimum atomic E-state index is 0.178. The molecule has 40 heavy (non-hydrogen) atoms. The topological polar surface area (TPSA) is 77.8 Å². The number of methoxy groups -OCH3 is 1. The Labute approximate surface area is 234 Å². The second-order valence-electron chi connectivity index (χ2n) is 11.2. The summed E-state index contributed by atoms with van der Waals surface area (Å²) in [6.07, 6.45) is 4.33. The van der Waals surface area contributed by atoms with E-state index < -0.39 is 0 Å². The number of anilines is 1. The largest absolute Gasteiger partial charge is 0.481 e. The van der Waals surface area contributed by atoms with E-state index in [1.165, 1.54) is 16.8 Å². The SMILES string of the molecule is COc1cc(-n2ncc3cc(C)c(C4CCN(C5COC5)CC4)nc32)cc(N2CC(OCc3ccccc3)C2)n1. The van der Waals surface area contributed by atoms with Crippen LogP contribution in [-0.4, -0.2) is 83.3 Å². The van der Waals surface area contributed by atoms with Gasteiger partial charge in [-0.1, -0.05) is 30.3 Å². The van der Waals surface area contributed by atoms with E-state index in [0.717, 1.165) is 74.8 Å². The molecule has 3 saturated heterocycles. The van der Waals surface area contributed by atoms with Crippen LogP contribution in [0.25, 0.3) is 16.7 Å². The first-order chi connectivity index (χ1) is 19.6. The van der Waals surface area contributed by atoms with E-state index in [4.69, 9.17) is 29.3 Å². The van der Waals surface area contributed by atoms with Crippen LogP contribution >= 0.6 is 0 Å². The molecule has 0 unspecified atom stereocenters. The number of hydrogen-bond acceptors (Lipinski definition) is 8. The molecule has 4 aromatic rings. The van der Waals surface area contributed by atoms with Crippen LogP contribution < -0.4 is 9.64 Å². The Balaban J connectivity index is 1.10. The average molecular weight is 541 g/mol. The molecule has 3 aliphatic rings. The second-order valence-corrected chi connectivity index (χ2v) is 11.2. The highest BCUT2D eigenvalue weighted by Gasteiger charge is 2.32. The van der Waals surface area contributed by atoms with Crippen molar-refractivity contribution in [2.24, 2.45) is 0 Å². The Morgan fingerprint density at radius 3 is 2.52 bits per heavy atom. The van der Waals surface area contributed by atoms with E-state index in [-0.39, 0.29) is 6.10 Å². The quantitative estimate of drug-likeness (QED) is 0.330. The van der Waals surface area contributed by atoms with Crippen molar-refractivity contribution in [3.63, 3.8) is 0 Å². The van der Waals surface area contributed by atoms with Gasteiger partial charge >= 0.3 is 0 Å². The fraction of sp³-hybridized carbons (Fsp3) is 0.452. The summed E-state index contributed by atoms with van der Waals surface area (Å²) >= 11 is 0. The minimum absolute atomic E-state index is 0.178. The van der Waals surface area contributed by atoms with Crippen LogP contribution in [0.2, 0.25) is 0 Å². The van der Waals surface area contributed by atoms with Gasteiger partial charge in [0.15, 0.2) is 5.65 Å². The van der Waals surface area contributed by atoms with Crippen LogP contribution in [0.15, 0.2) is 54.7 Å². The molecule has 0 atom stereocenters. The normalized spacial score (nSPS) is 19.1. The fourth-order valence-electron chi connectivity index (χ4n) is 6.04. The number of rotatable bonds is 8. The molecule has 0 saturated carbocycles. The van der Waals surface area contributed by atoms with Crippen LogP contribution in [0.4, 0.5) is 5.82 Å². The van der Waals surface area contributed by atoms with E-state index in [1.807, 2.05) is 35.1 Å². The van der Waals surface area contributed by atoms with Crippen LogP contribution in [0.5, 0.6) is 5.88 Å². The molecule has 0 radical (unpaired) electrons. The first-order valence-corrected chi connectivity index (χ1v) is 14.3. The molecule has 9 heteroatoms. The zero-order valence-corrected chi connectivity index (χ0v) is 23.2. The van der Waals surface area contributed by atoms with Gasteiger partial charge in [0.1, 0.15) is 5.82 Å². The molecule has 208 valence electrons. The minimum Gasteiger partial charge on any atom is -0.481 e. The number of pyridine rings is 2. The molecular formula is C31H36N6O3. The molecule has 9 nitrogen and oxygen atoms in total. The van der Waals surface area contributed by atoms with Gasteiger partial charge < -0.3 is 19.1 Å². The molecule has 0 aliphatic carbocycles. The number of benzene rings is 1. The molecule has 3 aliphatic heterocycles. The van der Waals surface area contributed by atoms with Gasteiger partial charge in [0.2, 0.25) is 5.88 Å². The third-order valence-corrected chi connectivity index (χ3v) is 8.55. The summed E-state index contributed by atoms with van der Waals surface area (Å²) in [5, 5.41) is 5.79. The van der Waals surface area contributed by atoms with Gasteiger partial charge in [0.25, 0.3) is 0 Å². The standard InChI is InChI=1S/C31H36N6O3/c1-21-12-24-15-32-37(31(24)34-30(21)23-8-10-35(11-9-23)26-19-39-20-26)25-13-28(33-29(14-25)38-2)36-16-27(17-36)40-18-22-6-4-3-5-7-22/h3-7,12-15,23,26-27H,8-11,16-20H2,1-2H3. The third-order valence-electron chi connectivity index (χ3n) is 8.55. The average Bonchev–Trinajstić information content (AvgIpc) is 3.34. The van der Waals surface area contributed by atoms with E-state index in [1.54, 1.807) is 7.11 Å². The molecule has 0 amide bonds. The lowest BCUT2D eigenvalue weighted by molar-refractivity contribution is -0.0713. The predicted octanol–water partition coefficient (Wildman–Crippen LogP) is 4.12. The fourth-order valence-corrected chi connectivity index (χ4v) is 6.04. The Hall–Kier alpha value is -3.53. The van der Waals surface area contributed by atoms with Crippen molar-refractivity contribution < 1.29 is 14.2 Å². The van der Waals surface area contributed by atoms with Crippen molar-refractivity contribution >= 4 is 16.9 Å². The lowest BCUT2D eigenvalue weighted by Crippen LogP contribution is -2.52. The molecular weight excluding hydrogens is 504 g/mol. The number of aryl methyl sites for hydroxylation is 1. The van der Waals surface area contributed by atoms with Crippen LogP contribution in [-0.2, 0) is 16.1 Å². The highest BCUT2D eigenvalue weighted by atomic mass is 16.5. The van der Waals surface area contributed by atoms with Crippen LogP contribution in [0.3, 0.4) is 0 Å². The zero-order chi connectivity index (χ0) is 27.1. The number of aromatic nitrogens is 4. The lowest BCUT2D eigenvalue weighted by atomic mass is 9.89. The van der Waals surface area contributed by atoms with Crippen molar-refractivity contribution in [2.45, 2.75) is 44.4 Å². The maximum Gasteiger partial charge on any atom is 0.217 e. The summed E-state index contributed by atoms with van der Waals surface area (Å²) in [5.41, 5.74) is 5.40. The Kier molecular flexibility index (Phi) is 6.87. The maximum atomic E-state index is 6.11. The van der Waals surface area contributed by atoms with Gasteiger partial charge in [-0.3, -0.25) is 4.90 Å². The van der Waals surface area contributed by atoms with E-state index in [2.05, 4.69) is 41.0 Å². The van der Waals surface area contributed by atoms with Gasteiger partial charge in [-0.2, -0.15) is 10.1 Å². The molecule has 0 N–H and O–H groups in total.